The molecule has 0 aromatic carbocycles. The summed E-state index contributed by atoms with van der Waals surface area (Å²) in [5, 5.41) is 15.0. The van der Waals surface area contributed by atoms with E-state index in [9.17, 15) is 14.4 Å². The number of nitrogens with zero attached hydrogens (tertiary/aromatic N) is 1. The molecule has 0 bridgehead atoms. The maximum atomic E-state index is 11.5. The van der Waals surface area contributed by atoms with Crippen molar-refractivity contribution in [2.45, 2.75) is 58.1 Å². The highest BCUT2D eigenvalue weighted by Gasteiger charge is 2.33. The lowest BCUT2D eigenvalue weighted by Gasteiger charge is -2.24. The summed E-state index contributed by atoms with van der Waals surface area (Å²) in [6.45, 7) is 7.96. The van der Waals surface area contributed by atoms with Gasteiger partial charge >= 0.3 is 12.1 Å². The number of carbonyl (C=O) groups excluding carboxylic acids is 2. The minimum Gasteiger partial charge on any atom is -0.481 e. The van der Waals surface area contributed by atoms with Gasteiger partial charge in [-0.1, -0.05) is 0 Å². The summed E-state index contributed by atoms with van der Waals surface area (Å²) in [6, 6.07) is 0.517. The number of hydrogen-bond acceptors (Lipinski definition) is 5. The summed E-state index contributed by atoms with van der Waals surface area (Å²) in [4.78, 5) is 35.0. The van der Waals surface area contributed by atoms with Crippen LogP contribution in [0.1, 0.15) is 46.5 Å². The van der Waals surface area contributed by atoms with Gasteiger partial charge in [0, 0.05) is 25.7 Å². The third kappa shape index (κ3) is 8.34. The average molecular weight is 406 g/mol. The van der Waals surface area contributed by atoms with Crippen molar-refractivity contribution in [2.24, 2.45) is 11.8 Å². The van der Waals surface area contributed by atoms with Crippen molar-refractivity contribution in [3.05, 3.63) is 0 Å². The van der Waals surface area contributed by atoms with Gasteiger partial charge in [-0.15, -0.1) is 12.4 Å². The average Bonchev–Trinajstić information content (AvgIpc) is 3.06. The van der Waals surface area contributed by atoms with Crippen LogP contribution in [0.15, 0.2) is 0 Å². The van der Waals surface area contributed by atoms with Gasteiger partial charge in [0.15, 0.2) is 0 Å². The summed E-state index contributed by atoms with van der Waals surface area (Å²) < 4.78 is 5.14. The smallest absolute Gasteiger partial charge is 0.410 e. The maximum absolute atomic E-state index is 11.5. The molecule has 0 aromatic heterocycles. The highest BCUT2D eigenvalue weighted by Crippen LogP contribution is 2.20. The quantitative estimate of drug-likeness (QED) is 0.658. The van der Waals surface area contributed by atoms with Gasteiger partial charge in [-0.25, -0.2) is 4.79 Å². The van der Waals surface area contributed by atoms with E-state index in [2.05, 4.69) is 10.6 Å². The Kier molecular flexibility index (Phi) is 8.81. The Labute approximate surface area is 166 Å². The van der Waals surface area contributed by atoms with Crippen molar-refractivity contribution in [3.8, 4) is 0 Å². The summed E-state index contributed by atoms with van der Waals surface area (Å²) in [6.07, 6.45) is 3.47. The first kappa shape index (κ1) is 23.5. The van der Waals surface area contributed by atoms with E-state index in [1.165, 1.54) is 17.7 Å². The molecule has 9 heteroatoms. The van der Waals surface area contributed by atoms with Gasteiger partial charge < -0.3 is 25.4 Å². The molecule has 2 aliphatic heterocycles. The fourth-order valence-electron chi connectivity index (χ4n) is 2.88. The number of carbonyl (C=O) groups is 3. The summed E-state index contributed by atoms with van der Waals surface area (Å²) in [5.74, 6) is -0.785. The molecule has 2 atom stereocenters. The lowest BCUT2D eigenvalue weighted by molar-refractivity contribution is -0.141. The first-order chi connectivity index (χ1) is 12.2. The zero-order chi connectivity index (χ0) is 19.3. The van der Waals surface area contributed by atoms with Crippen LogP contribution in [0.3, 0.4) is 0 Å². The van der Waals surface area contributed by atoms with Gasteiger partial charge in [-0.2, -0.15) is 0 Å². The second-order valence-corrected chi connectivity index (χ2v) is 8.22. The largest absolute Gasteiger partial charge is 0.481 e. The minimum absolute atomic E-state index is 0. The molecule has 0 spiro atoms. The zero-order valence-electron chi connectivity index (χ0n) is 16.3. The van der Waals surface area contributed by atoms with Crippen molar-refractivity contribution >= 4 is 30.4 Å². The van der Waals surface area contributed by atoms with E-state index in [4.69, 9.17) is 9.84 Å². The Hall–Kier alpha value is -1.54. The Bertz CT molecular complexity index is 528. The van der Waals surface area contributed by atoms with Crippen LogP contribution >= 0.6 is 12.4 Å². The highest BCUT2D eigenvalue weighted by molar-refractivity contribution is 5.85. The van der Waals surface area contributed by atoms with Crippen LogP contribution in [0.2, 0.25) is 0 Å². The summed E-state index contributed by atoms with van der Waals surface area (Å²) in [7, 11) is 0. The van der Waals surface area contributed by atoms with E-state index in [-0.39, 0.29) is 30.8 Å². The van der Waals surface area contributed by atoms with Crippen LogP contribution < -0.4 is 10.6 Å². The first-order valence-electron chi connectivity index (χ1n) is 9.37. The van der Waals surface area contributed by atoms with Crippen LogP contribution in [0.25, 0.3) is 0 Å². The molecule has 0 radical (unpaired) electrons. The number of carboxylic acids is 1. The second kappa shape index (κ2) is 10.1. The van der Waals surface area contributed by atoms with E-state index in [1.807, 2.05) is 0 Å². The Morgan fingerprint density at radius 2 is 1.78 bits per heavy atom. The molecule has 156 valence electrons. The second-order valence-electron chi connectivity index (χ2n) is 8.22. The Balaban J connectivity index is 0.000000270. The van der Waals surface area contributed by atoms with Crippen molar-refractivity contribution in [3.63, 3.8) is 0 Å². The molecule has 0 unspecified atom stereocenters. The van der Waals surface area contributed by atoms with E-state index in [1.54, 1.807) is 20.8 Å². The number of carboxylic acid groups (broad SMARTS) is 1. The predicted octanol–water partition coefficient (Wildman–Crippen LogP) is 1.62. The van der Waals surface area contributed by atoms with Crippen LogP contribution in [-0.4, -0.2) is 65.8 Å². The third-order valence-corrected chi connectivity index (χ3v) is 4.54. The van der Waals surface area contributed by atoms with E-state index in [0.717, 1.165) is 19.5 Å². The predicted molar refractivity (Wildman–Crippen MR) is 103 cm³/mol. The van der Waals surface area contributed by atoms with Crippen molar-refractivity contribution < 1.29 is 24.2 Å². The number of likely N-dealkylation sites (tertiary alicyclic amines) is 1. The van der Waals surface area contributed by atoms with Crippen molar-refractivity contribution in [1.29, 1.82) is 0 Å². The van der Waals surface area contributed by atoms with Crippen LogP contribution in [0.5, 0.6) is 0 Å². The summed E-state index contributed by atoms with van der Waals surface area (Å²) in [5.41, 5.74) is -0.529. The topological polar surface area (TPSA) is 108 Å². The summed E-state index contributed by atoms with van der Waals surface area (Å²) >= 11 is 0. The fraction of sp³-hybridized carbons (Fsp3) is 0.833. The maximum Gasteiger partial charge on any atom is 0.410 e. The Morgan fingerprint density at radius 3 is 2.22 bits per heavy atom. The standard InChI is InChI=1S/C10H17NO4.C8H14N2O.ClH/c1-10(2,3)15-9(14)11-5-4-7(6-11)8(12)13;11-8(10-7-1-2-7)6-3-4-9-5-6;/h7H,4-6H2,1-3H3,(H,12,13);6-7,9H,1-5H2,(H,10,11);1H/t7-;6-;/m11./s1. The van der Waals surface area contributed by atoms with Crippen LogP contribution in [0.4, 0.5) is 4.79 Å². The zero-order valence-corrected chi connectivity index (χ0v) is 17.1. The van der Waals surface area contributed by atoms with Gasteiger partial charge in [-0.3, -0.25) is 9.59 Å². The number of aliphatic carboxylic acids is 1. The molecule has 3 aliphatic rings. The molecule has 1 saturated carbocycles. The molecular formula is C18H32ClN3O5. The molecular weight excluding hydrogens is 374 g/mol. The molecule has 2 heterocycles. The van der Waals surface area contributed by atoms with Crippen molar-refractivity contribution in [1.82, 2.24) is 15.5 Å². The van der Waals surface area contributed by atoms with Gasteiger partial charge in [0.05, 0.1) is 11.8 Å². The van der Waals surface area contributed by atoms with Gasteiger partial charge in [0.1, 0.15) is 5.60 Å². The molecule has 3 fully saturated rings. The van der Waals surface area contributed by atoms with Crippen LogP contribution in [-0.2, 0) is 14.3 Å². The molecule has 8 nitrogen and oxygen atoms in total. The number of nitrogens with one attached hydrogen (secondary N) is 2. The van der Waals surface area contributed by atoms with Gasteiger partial charge in [0.25, 0.3) is 0 Å². The van der Waals surface area contributed by atoms with Gasteiger partial charge in [0.2, 0.25) is 5.91 Å². The molecule has 3 N–H and O–H groups in total. The normalized spacial score (nSPS) is 24.3. The van der Waals surface area contributed by atoms with Crippen molar-refractivity contribution in [2.75, 3.05) is 26.2 Å². The van der Waals surface area contributed by atoms with E-state index in [0.29, 0.717) is 19.0 Å². The number of hydrogen-bond donors (Lipinski definition) is 3. The Morgan fingerprint density at radius 1 is 1.11 bits per heavy atom. The number of ether oxygens (including phenoxy) is 1. The lowest BCUT2D eigenvalue weighted by Crippen LogP contribution is -2.35. The lowest BCUT2D eigenvalue weighted by atomic mass is 10.1. The van der Waals surface area contributed by atoms with E-state index < -0.39 is 23.6 Å². The SMILES string of the molecule is CC(C)(C)OC(=O)N1CC[C@@H](C(=O)O)C1.Cl.O=C(NC1CC1)[C@@H]1CCNC1. The monoisotopic (exact) mass is 405 g/mol. The molecule has 3 rings (SSSR count). The number of halogens is 1. The number of amides is 2. The molecule has 27 heavy (non-hydrogen) atoms. The van der Waals surface area contributed by atoms with E-state index >= 15 is 0 Å². The molecule has 2 amide bonds. The molecule has 1 aliphatic carbocycles. The first-order valence-corrected chi connectivity index (χ1v) is 9.37. The highest BCUT2D eigenvalue weighted by atomic mass is 35.5. The molecule has 0 aromatic rings. The fourth-order valence-corrected chi connectivity index (χ4v) is 2.88. The third-order valence-electron chi connectivity index (χ3n) is 4.54. The van der Waals surface area contributed by atoms with Gasteiger partial charge in [-0.05, 0) is 53.0 Å². The minimum atomic E-state index is -0.846. The van der Waals surface area contributed by atoms with Crippen LogP contribution in [0, 0.1) is 11.8 Å². The molecule has 2 saturated heterocycles. The number of rotatable bonds is 3.